The number of nitrogens with two attached hydrogens (primary N) is 1. The van der Waals surface area contributed by atoms with Crippen LogP contribution in [-0.2, 0) is 6.54 Å². The fourth-order valence-corrected chi connectivity index (χ4v) is 6.66. The second-order valence-electron chi connectivity index (χ2n) is 12.0. The number of rotatable bonds is 5. The lowest BCUT2D eigenvalue weighted by molar-refractivity contribution is 0.668. The Hall–Kier alpha value is -6.46. The molecule has 0 aliphatic heterocycles. The summed E-state index contributed by atoms with van der Waals surface area (Å²) in [5, 5.41) is 6.43. The Morgan fingerprint density at radius 3 is 2.15 bits per heavy atom. The van der Waals surface area contributed by atoms with Crippen LogP contribution in [0.15, 0.2) is 170 Å². The molecule has 9 aromatic rings. The summed E-state index contributed by atoms with van der Waals surface area (Å²) in [6.07, 6.45) is 0. The molecule has 0 saturated heterocycles. The van der Waals surface area contributed by atoms with Crippen molar-refractivity contribution in [1.82, 2.24) is 0 Å². The maximum atomic E-state index is 6.96. The van der Waals surface area contributed by atoms with Crippen LogP contribution in [0.2, 0.25) is 0 Å². The van der Waals surface area contributed by atoms with Crippen LogP contribution in [0, 0.1) is 0 Å². The average molecular weight is 620 g/mol. The van der Waals surface area contributed by atoms with Crippen molar-refractivity contribution in [2.75, 3.05) is 0 Å². The lowest BCUT2D eigenvalue weighted by Crippen LogP contribution is -2.17. The summed E-state index contributed by atoms with van der Waals surface area (Å²) in [6.45, 7) is 0.454. The molecular formula is C43H29N3O2. The predicted octanol–water partition coefficient (Wildman–Crippen LogP) is 10.7. The van der Waals surface area contributed by atoms with Gasteiger partial charge in [-0.3, -0.25) is 4.99 Å². The highest BCUT2D eigenvalue weighted by Gasteiger charge is 2.18. The Morgan fingerprint density at radius 2 is 1.25 bits per heavy atom. The predicted molar refractivity (Wildman–Crippen MR) is 198 cm³/mol. The van der Waals surface area contributed by atoms with Gasteiger partial charge in [0.1, 0.15) is 28.2 Å². The zero-order valence-corrected chi connectivity index (χ0v) is 25.9. The molecule has 2 heterocycles. The van der Waals surface area contributed by atoms with Gasteiger partial charge in [-0.05, 0) is 63.9 Å². The lowest BCUT2D eigenvalue weighted by atomic mass is 9.95. The van der Waals surface area contributed by atoms with Gasteiger partial charge >= 0.3 is 0 Å². The van der Waals surface area contributed by atoms with Crippen LogP contribution in [0.4, 0.5) is 0 Å². The molecule has 228 valence electrons. The van der Waals surface area contributed by atoms with Crippen LogP contribution >= 0.6 is 0 Å². The molecule has 5 nitrogen and oxygen atoms in total. The van der Waals surface area contributed by atoms with E-state index in [1.807, 2.05) is 78.9 Å². The van der Waals surface area contributed by atoms with E-state index >= 15 is 0 Å². The molecule has 0 amide bonds. The summed E-state index contributed by atoms with van der Waals surface area (Å²) in [5.74, 6) is 0.881. The molecule has 2 aromatic heterocycles. The number of amidine groups is 2. The van der Waals surface area contributed by atoms with Crippen LogP contribution in [0.5, 0.6) is 0 Å². The molecule has 0 fully saturated rings. The highest BCUT2D eigenvalue weighted by molar-refractivity contribution is 6.23. The molecule has 0 aliphatic rings. The zero-order chi connectivity index (χ0) is 32.0. The third kappa shape index (κ3) is 4.81. The molecule has 0 spiro atoms. The van der Waals surface area contributed by atoms with Gasteiger partial charge in [-0.25, -0.2) is 4.99 Å². The minimum atomic E-state index is 0.355. The van der Waals surface area contributed by atoms with Gasteiger partial charge in [0.2, 0.25) is 0 Å². The van der Waals surface area contributed by atoms with Gasteiger partial charge in [-0.2, -0.15) is 0 Å². The minimum absolute atomic E-state index is 0.355. The van der Waals surface area contributed by atoms with E-state index in [1.165, 1.54) is 10.8 Å². The van der Waals surface area contributed by atoms with E-state index in [0.717, 1.165) is 71.7 Å². The number of nitrogens with zero attached hydrogens (tertiary/aromatic N) is 2. The monoisotopic (exact) mass is 619 g/mol. The lowest BCUT2D eigenvalue weighted by Gasteiger charge is -2.09. The van der Waals surface area contributed by atoms with Crippen molar-refractivity contribution >= 4 is 66.3 Å². The Morgan fingerprint density at radius 1 is 0.542 bits per heavy atom. The molecule has 2 N–H and O–H groups in total. The van der Waals surface area contributed by atoms with Gasteiger partial charge in [0.15, 0.2) is 5.84 Å². The SMILES string of the molecule is N/C(=N\C(=N/Cc1ccccc1)c1ccc2c(c1)oc1ccccc12)c1cccc2oc3cccc(-c4ccc5ccccc5c4)c3c12. The second-order valence-corrected chi connectivity index (χ2v) is 12.0. The summed E-state index contributed by atoms with van der Waals surface area (Å²) in [7, 11) is 0. The molecule has 0 unspecified atom stereocenters. The highest BCUT2D eigenvalue weighted by Crippen LogP contribution is 2.39. The van der Waals surface area contributed by atoms with E-state index in [-0.39, 0.29) is 0 Å². The molecule has 0 atom stereocenters. The largest absolute Gasteiger partial charge is 0.456 e. The zero-order valence-electron chi connectivity index (χ0n) is 25.9. The summed E-state index contributed by atoms with van der Waals surface area (Å²) in [4.78, 5) is 10.0. The van der Waals surface area contributed by atoms with Crippen LogP contribution in [0.3, 0.4) is 0 Å². The van der Waals surface area contributed by atoms with E-state index in [9.17, 15) is 0 Å². The van der Waals surface area contributed by atoms with Crippen molar-refractivity contribution in [3.05, 3.63) is 168 Å². The first-order valence-corrected chi connectivity index (χ1v) is 16.0. The van der Waals surface area contributed by atoms with Crippen molar-refractivity contribution in [2.24, 2.45) is 15.7 Å². The van der Waals surface area contributed by atoms with Crippen LogP contribution in [0.25, 0.3) is 65.8 Å². The number of benzene rings is 7. The molecule has 0 radical (unpaired) electrons. The molecule has 0 saturated carbocycles. The quantitative estimate of drug-likeness (QED) is 0.154. The fraction of sp³-hybridized carbons (Fsp3) is 0.0233. The van der Waals surface area contributed by atoms with E-state index in [1.54, 1.807) is 0 Å². The number of aliphatic imine (C=N–C) groups is 2. The van der Waals surface area contributed by atoms with Crippen molar-refractivity contribution in [1.29, 1.82) is 0 Å². The normalized spacial score (nSPS) is 12.6. The van der Waals surface area contributed by atoms with Crippen LogP contribution < -0.4 is 5.73 Å². The van der Waals surface area contributed by atoms with Crippen molar-refractivity contribution in [2.45, 2.75) is 6.54 Å². The average Bonchev–Trinajstić information content (AvgIpc) is 3.71. The Kier molecular flexibility index (Phi) is 6.61. The number of fused-ring (bicyclic) bond motifs is 7. The molecule has 7 aromatic carbocycles. The van der Waals surface area contributed by atoms with Gasteiger partial charge in [0, 0.05) is 32.7 Å². The molecule has 0 aliphatic carbocycles. The number of para-hydroxylation sites is 1. The molecule has 5 heteroatoms. The van der Waals surface area contributed by atoms with Gasteiger partial charge in [0.05, 0.1) is 6.54 Å². The highest BCUT2D eigenvalue weighted by atomic mass is 16.3. The third-order valence-corrected chi connectivity index (χ3v) is 8.98. The summed E-state index contributed by atoms with van der Waals surface area (Å²) in [6, 6.07) is 51.4. The van der Waals surface area contributed by atoms with Gasteiger partial charge in [0.25, 0.3) is 0 Å². The van der Waals surface area contributed by atoms with Gasteiger partial charge < -0.3 is 14.6 Å². The Labute approximate surface area is 276 Å². The molecule has 0 bridgehead atoms. The van der Waals surface area contributed by atoms with Crippen molar-refractivity contribution < 1.29 is 8.83 Å². The van der Waals surface area contributed by atoms with E-state index in [2.05, 4.69) is 72.8 Å². The molecular weight excluding hydrogens is 590 g/mol. The first-order chi connectivity index (χ1) is 23.7. The van der Waals surface area contributed by atoms with Crippen LogP contribution in [-0.4, -0.2) is 11.7 Å². The number of furan rings is 2. The molecule has 48 heavy (non-hydrogen) atoms. The minimum Gasteiger partial charge on any atom is -0.456 e. The fourth-order valence-electron chi connectivity index (χ4n) is 6.66. The summed E-state index contributed by atoms with van der Waals surface area (Å²) in [5.41, 5.74) is 15.0. The second kappa shape index (κ2) is 11.4. The van der Waals surface area contributed by atoms with Crippen LogP contribution in [0.1, 0.15) is 16.7 Å². The first-order valence-electron chi connectivity index (χ1n) is 16.0. The summed E-state index contributed by atoms with van der Waals surface area (Å²) >= 11 is 0. The van der Waals surface area contributed by atoms with Crippen molar-refractivity contribution in [3.63, 3.8) is 0 Å². The van der Waals surface area contributed by atoms with E-state index < -0.39 is 0 Å². The molecule has 9 rings (SSSR count). The van der Waals surface area contributed by atoms with Crippen molar-refractivity contribution in [3.8, 4) is 11.1 Å². The maximum Gasteiger partial charge on any atom is 0.157 e. The van der Waals surface area contributed by atoms with Gasteiger partial charge in [-0.15, -0.1) is 0 Å². The first kappa shape index (κ1) is 27.8. The Bertz CT molecular complexity index is 2720. The Balaban J connectivity index is 1.21. The number of hydrogen-bond donors (Lipinski definition) is 1. The maximum absolute atomic E-state index is 6.96. The van der Waals surface area contributed by atoms with E-state index in [4.69, 9.17) is 24.6 Å². The van der Waals surface area contributed by atoms with Gasteiger partial charge in [-0.1, -0.05) is 115 Å². The topological polar surface area (TPSA) is 77.0 Å². The number of hydrogen-bond acceptors (Lipinski definition) is 3. The third-order valence-electron chi connectivity index (χ3n) is 8.98. The standard InChI is InChI=1S/C43H29N3O2/c44-42(46-43(45-26-27-10-2-1-3-11-27)31-22-23-34-33-14-6-7-17-36(33)47-39(34)25-31)35-16-9-19-38-41(35)40-32(15-8-18-37(40)48-38)30-21-20-28-12-4-5-13-29(28)24-30/h1-25H,26H2,(H2,44,45,46). The summed E-state index contributed by atoms with van der Waals surface area (Å²) < 4.78 is 12.6. The van der Waals surface area contributed by atoms with E-state index in [0.29, 0.717) is 18.2 Å². The smallest absolute Gasteiger partial charge is 0.157 e.